The van der Waals surface area contributed by atoms with Crippen LogP contribution in [0.1, 0.15) is 4.88 Å². The maximum Gasteiger partial charge on any atom is 0.308 e. The normalized spacial score (nSPS) is 12.7. The Bertz CT molecular complexity index is 705. The minimum Gasteiger partial charge on any atom is -0.481 e. The molecule has 0 saturated carbocycles. The number of aliphatic carboxylic acids is 1. The Morgan fingerprint density at radius 2 is 1.90 bits per heavy atom. The molecule has 0 aromatic carbocycles. The number of carbonyl (C=O) groups is 1. The van der Waals surface area contributed by atoms with Gasteiger partial charge in [-0.3, -0.25) is 4.79 Å². The molecule has 1 rings (SSSR count). The van der Waals surface area contributed by atoms with E-state index in [1.165, 1.54) is 26.2 Å². The molecular weight excluding hydrogens is 340 g/mol. The molecule has 0 aliphatic rings. The molecule has 0 aliphatic heterocycles. The van der Waals surface area contributed by atoms with Crippen LogP contribution in [0.15, 0.2) is 16.3 Å². The lowest BCUT2D eigenvalue weighted by atomic mass is 10.3. The Hall–Kier alpha value is -1.01. The van der Waals surface area contributed by atoms with Crippen molar-refractivity contribution in [3.63, 3.8) is 0 Å². The Labute approximate surface area is 127 Å². The molecule has 1 aromatic heterocycles. The lowest BCUT2D eigenvalue weighted by molar-refractivity contribution is -0.136. The van der Waals surface area contributed by atoms with Crippen molar-refractivity contribution in [1.82, 2.24) is 9.03 Å². The number of carboxylic acid groups (broad SMARTS) is 1. The lowest BCUT2D eigenvalue weighted by Gasteiger charge is -2.11. The zero-order chi connectivity index (χ0) is 16.3. The SMILES string of the molecule is CN(C)S(=O)(=O)CCNS(=O)(=O)c1ccc(CC(=O)O)s1. The summed E-state index contributed by atoms with van der Waals surface area (Å²) in [7, 11) is -4.59. The van der Waals surface area contributed by atoms with Crippen molar-refractivity contribution >= 4 is 37.4 Å². The van der Waals surface area contributed by atoms with Gasteiger partial charge in [0, 0.05) is 25.5 Å². The maximum atomic E-state index is 11.9. The molecule has 0 atom stereocenters. The zero-order valence-corrected chi connectivity index (χ0v) is 13.9. The second-order valence-electron chi connectivity index (χ2n) is 4.29. The third-order valence-corrected chi connectivity index (χ3v) is 7.31. The Morgan fingerprint density at radius 3 is 2.43 bits per heavy atom. The maximum absolute atomic E-state index is 11.9. The van der Waals surface area contributed by atoms with Crippen molar-refractivity contribution in [1.29, 1.82) is 0 Å². The molecule has 1 aromatic rings. The number of nitrogens with zero attached hydrogens (tertiary/aromatic N) is 1. The fourth-order valence-electron chi connectivity index (χ4n) is 1.31. The van der Waals surface area contributed by atoms with Crippen molar-refractivity contribution in [3.05, 3.63) is 17.0 Å². The number of thiophene rings is 1. The first-order chi connectivity index (χ1) is 9.54. The molecule has 120 valence electrons. The van der Waals surface area contributed by atoms with Crippen LogP contribution in [-0.4, -0.2) is 58.6 Å². The Kier molecular flexibility index (Phi) is 5.87. The van der Waals surface area contributed by atoms with Gasteiger partial charge in [0.1, 0.15) is 4.21 Å². The van der Waals surface area contributed by atoms with E-state index in [0.29, 0.717) is 4.88 Å². The van der Waals surface area contributed by atoms with Gasteiger partial charge in [-0.25, -0.2) is 25.9 Å². The molecule has 2 N–H and O–H groups in total. The molecular formula is C10H16N2O6S3. The van der Waals surface area contributed by atoms with E-state index in [9.17, 15) is 21.6 Å². The van der Waals surface area contributed by atoms with Crippen LogP contribution in [0.2, 0.25) is 0 Å². The summed E-state index contributed by atoms with van der Waals surface area (Å²) in [6, 6.07) is 2.72. The molecule has 0 unspecified atom stereocenters. The molecule has 0 fully saturated rings. The summed E-state index contributed by atoms with van der Waals surface area (Å²) in [6.45, 7) is -0.255. The smallest absolute Gasteiger partial charge is 0.308 e. The van der Waals surface area contributed by atoms with E-state index in [-0.39, 0.29) is 22.9 Å². The molecule has 0 bridgehead atoms. The highest BCUT2D eigenvalue weighted by molar-refractivity contribution is 7.91. The molecule has 21 heavy (non-hydrogen) atoms. The van der Waals surface area contributed by atoms with Gasteiger partial charge in [0.15, 0.2) is 0 Å². The predicted molar refractivity (Wildman–Crippen MR) is 78.3 cm³/mol. The number of nitrogens with one attached hydrogen (secondary N) is 1. The topological polar surface area (TPSA) is 121 Å². The second kappa shape index (κ2) is 6.83. The molecule has 1 heterocycles. The summed E-state index contributed by atoms with van der Waals surface area (Å²) in [6.07, 6.45) is -0.255. The number of sulfonamides is 2. The van der Waals surface area contributed by atoms with Gasteiger partial charge in [0.2, 0.25) is 20.0 Å². The van der Waals surface area contributed by atoms with Crippen LogP contribution >= 0.6 is 11.3 Å². The number of carboxylic acids is 1. The highest BCUT2D eigenvalue weighted by Gasteiger charge is 2.19. The third-order valence-electron chi connectivity index (χ3n) is 2.44. The molecule has 8 nitrogen and oxygen atoms in total. The fourth-order valence-corrected chi connectivity index (χ4v) is 4.58. The average molecular weight is 356 g/mol. The van der Waals surface area contributed by atoms with Crippen LogP contribution < -0.4 is 4.72 Å². The monoisotopic (exact) mass is 356 g/mol. The van der Waals surface area contributed by atoms with E-state index in [0.717, 1.165) is 15.6 Å². The van der Waals surface area contributed by atoms with Crippen LogP contribution in [0.5, 0.6) is 0 Å². The first-order valence-electron chi connectivity index (χ1n) is 5.75. The first-order valence-corrected chi connectivity index (χ1v) is 9.66. The van der Waals surface area contributed by atoms with Gasteiger partial charge in [0.25, 0.3) is 0 Å². The second-order valence-corrected chi connectivity index (χ2v) is 9.75. The van der Waals surface area contributed by atoms with E-state index in [1.807, 2.05) is 0 Å². The molecule has 0 spiro atoms. The summed E-state index contributed by atoms with van der Waals surface area (Å²) in [5, 5.41) is 8.63. The highest BCUT2D eigenvalue weighted by atomic mass is 32.2. The van der Waals surface area contributed by atoms with Crippen molar-refractivity contribution in [2.45, 2.75) is 10.6 Å². The van der Waals surface area contributed by atoms with Crippen LogP contribution in [-0.2, 0) is 31.3 Å². The predicted octanol–water partition coefficient (Wildman–Crippen LogP) is -0.455. The van der Waals surface area contributed by atoms with Gasteiger partial charge in [-0.05, 0) is 12.1 Å². The van der Waals surface area contributed by atoms with E-state index < -0.39 is 26.0 Å². The van der Waals surface area contributed by atoms with E-state index in [2.05, 4.69) is 4.72 Å². The first kappa shape index (κ1) is 18.0. The minimum absolute atomic E-state index is 0.0407. The Morgan fingerprint density at radius 1 is 1.29 bits per heavy atom. The van der Waals surface area contributed by atoms with E-state index >= 15 is 0 Å². The lowest BCUT2D eigenvalue weighted by Crippen LogP contribution is -2.33. The average Bonchev–Trinajstić information content (AvgIpc) is 2.76. The van der Waals surface area contributed by atoms with E-state index in [4.69, 9.17) is 5.11 Å². The molecule has 0 amide bonds. The molecule has 0 aliphatic carbocycles. The summed E-state index contributed by atoms with van der Waals surface area (Å²) in [4.78, 5) is 11.0. The standard InChI is InChI=1S/C10H16N2O6S3/c1-12(2)20(15,16)6-5-11-21(17,18)10-4-3-8(19-10)7-9(13)14/h3-4,11H,5-7H2,1-2H3,(H,13,14). The van der Waals surface area contributed by atoms with Gasteiger partial charge in [0.05, 0.1) is 12.2 Å². The van der Waals surface area contributed by atoms with Crippen LogP contribution in [0.25, 0.3) is 0 Å². The van der Waals surface area contributed by atoms with Gasteiger partial charge in [-0.15, -0.1) is 11.3 Å². The highest BCUT2D eigenvalue weighted by Crippen LogP contribution is 2.21. The van der Waals surface area contributed by atoms with Crippen molar-refractivity contribution in [3.8, 4) is 0 Å². The third kappa shape index (κ3) is 5.36. The van der Waals surface area contributed by atoms with Gasteiger partial charge in [-0.1, -0.05) is 0 Å². The van der Waals surface area contributed by atoms with Crippen LogP contribution in [0, 0.1) is 0 Å². The summed E-state index contributed by atoms with van der Waals surface area (Å²) >= 11 is 0.841. The quantitative estimate of drug-likeness (QED) is 0.650. The summed E-state index contributed by atoms with van der Waals surface area (Å²) in [5.41, 5.74) is 0. The number of hydrogen-bond acceptors (Lipinski definition) is 6. The van der Waals surface area contributed by atoms with Crippen molar-refractivity contribution in [2.24, 2.45) is 0 Å². The summed E-state index contributed by atoms with van der Waals surface area (Å²) in [5.74, 6) is -1.40. The molecule has 0 saturated heterocycles. The van der Waals surface area contributed by atoms with Gasteiger partial charge >= 0.3 is 5.97 Å². The zero-order valence-electron chi connectivity index (χ0n) is 11.4. The molecule has 11 heteroatoms. The summed E-state index contributed by atoms with van der Waals surface area (Å²) < 4.78 is 50.0. The van der Waals surface area contributed by atoms with Crippen molar-refractivity contribution in [2.75, 3.05) is 26.4 Å². The fraction of sp³-hybridized carbons (Fsp3) is 0.500. The van der Waals surface area contributed by atoms with Crippen LogP contribution in [0.3, 0.4) is 0 Å². The largest absolute Gasteiger partial charge is 0.481 e. The van der Waals surface area contributed by atoms with Gasteiger partial charge < -0.3 is 5.11 Å². The minimum atomic E-state index is -3.83. The van der Waals surface area contributed by atoms with Crippen LogP contribution in [0.4, 0.5) is 0 Å². The molecule has 0 radical (unpaired) electrons. The van der Waals surface area contributed by atoms with Gasteiger partial charge in [-0.2, -0.15) is 0 Å². The van der Waals surface area contributed by atoms with E-state index in [1.54, 1.807) is 0 Å². The van der Waals surface area contributed by atoms with Crippen molar-refractivity contribution < 1.29 is 26.7 Å². The number of rotatable bonds is 8. The number of hydrogen-bond donors (Lipinski definition) is 2. The Balaban J connectivity index is 2.70.